The molecule has 8 nitrogen and oxygen atoms in total. The number of hydrogen-bond donors (Lipinski definition) is 0. The fourth-order valence-corrected chi connectivity index (χ4v) is 6.64. The minimum atomic E-state index is -1.05. The van der Waals surface area contributed by atoms with E-state index in [1.807, 2.05) is 102 Å². The van der Waals surface area contributed by atoms with Crippen LogP contribution in [0.15, 0.2) is 115 Å². The molecule has 4 aromatic carbocycles. The van der Waals surface area contributed by atoms with Gasteiger partial charge in [-0.25, -0.2) is 9.69 Å². The lowest BCUT2D eigenvalue weighted by Crippen LogP contribution is -2.49. The van der Waals surface area contributed by atoms with Gasteiger partial charge in [-0.2, -0.15) is 0 Å². The van der Waals surface area contributed by atoms with Crippen molar-refractivity contribution in [2.75, 3.05) is 9.80 Å². The number of nitrogens with zero attached hydrogens (tertiary/aromatic N) is 2. The molecule has 4 atom stereocenters. The Morgan fingerprint density at radius 3 is 1.95 bits per heavy atom. The van der Waals surface area contributed by atoms with Gasteiger partial charge in [0.2, 0.25) is 11.8 Å². The number of hydrogen-bond acceptors (Lipinski definition) is 7. The van der Waals surface area contributed by atoms with Crippen molar-refractivity contribution in [1.29, 1.82) is 0 Å². The lowest BCUT2D eigenvalue weighted by molar-refractivity contribution is -0.151. The summed E-state index contributed by atoms with van der Waals surface area (Å²) in [6.07, 6.45) is 3.12. The van der Waals surface area contributed by atoms with Gasteiger partial charge in [0.15, 0.2) is 6.10 Å². The number of carbonyl (C=O) groups excluding carboxylic acids is 4. The number of ether oxygens (including phenoxy) is 2. The second kappa shape index (κ2) is 11.0. The minimum absolute atomic E-state index is 0.299. The normalized spacial score (nSPS) is 21.6. The third kappa shape index (κ3) is 4.55. The van der Waals surface area contributed by atoms with E-state index in [1.54, 1.807) is 12.1 Å². The van der Waals surface area contributed by atoms with E-state index in [1.165, 1.54) is 19.1 Å². The summed E-state index contributed by atoms with van der Waals surface area (Å²) in [5, 5.41) is 0. The molecule has 0 aliphatic carbocycles. The predicted octanol–water partition coefficient (Wildman–Crippen LogP) is 5.33. The Bertz CT molecular complexity index is 1750. The maximum Gasteiger partial charge on any atom is 0.330 e. The number of fused-ring (bicyclic) bond motifs is 5. The average molecular weight is 585 g/mol. The van der Waals surface area contributed by atoms with E-state index in [-0.39, 0.29) is 0 Å². The number of anilines is 2. The van der Waals surface area contributed by atoms with Crippen LogP contribution >= 0.6 is 0 Å². The number of para-hydroxylation sites is 1. The van der Waals surface area contributed by atoms with Crippen molar-refractivity contribution in [3.05, 3.63) is 132 Å². The van der Waals surface area contributed by atoms with E-state index in [2.05, 4.69) is 0 Å². The van der Waals surface area contributed by atoms with Gasteiger partial charge in [-0.1, -0.05) is 91.0 Å². The van der Waals surface area contributed by atoms with E-state index >= 15 is 0 Å². The first-order valence-electron chi connectivity index (χ1n) is 14.4. The highest BCUT2D eigenvalue weighted by molar-refractivity contribution is 6.24. The zero-order valence-corrected chi connectivity index (χ0v) is 23.8. The van der Waals surface area contributed by atoms with Crippen molar-refractivity contribution in [2.24, 2.45) is 11.8 Å². The third-order valence-electron chi connectivity index (χ3n) is 8.45. The first kappa shape index (κ1) is 27.3. The zero-order valence-electron chi connectivity index (χ0n) is 23.8. The Labute approximate surface area is 254 Å². The Hall–Kier alpha value is -5.50. The fraction of sp³-hybridized carbons (Fsp3) is 0.167. The lowest BCUT2D eigenvalue weighted by atomic mass is 9.88. The smallest absolute Gasteiger partial charge is 0.330 e. The van der Waals surface area contributed by atoms with E-state index in [4.69, 9.17) is 9.47 Å². The molecule has 0 N–H and O–H groups in total. The molecule has 4 aromatic rings. The summed E-state index contributed by atoms with van der Waals surface area (Å²) in [6, 6.07) is 31.2. The molecule has 0 unspecified atom stereocenters. The quantitative estimate of drug-likeness (QED) is 0.172. The van der Waals surface area contributed by atoms with Crippen LogP contribution in [-0.4, -0.2) is 35.8 Å². The van der Waals surface area contributed by atoms with Crippen molar-refractivity contribution >= 4 is 41.2 Å². The highest BCUT2D eigenvalue weighted by Crippen LogP contribution is 2.50. The molecule has 44 heavy (non-hydrogen) atoms. The van der Waals surface area contributed by atoms with Crippen molar-refractivity contribution in [3.8, 4) is 5.75 Å². The maximum atomic E-state index is 14.4. The van der Waals surface area contributed by atoms with Crippen LogP contribution in [0.3, 0.4) is 0 Å². The second-order valence-corrected chi connectivity index (χ2v) is 11.0. The van der Waals surface area contributed by atoms with Crippen LogP contribution in [-0.2, 0) is 23.9 Å². The van der Waals surface area contributed by atoms with Gasteiger partial charge in [-0.3, -0.25) is 14.4 Å². The van der Waals surface area contributed by atoms with E-state index in [0.717, 1.165) is 27.3 Å². The van der Waals surface area contributed by atoms with Crippen molar-refractivity contribution < 1.29 is 28.7 Å². The number of carbonyl (C=O) groups is 4. The van der Waals surface area contributed by atoms with Crippen molar-refractivity contribution in [2.45, 2.75) is 25.1 Å². The Morgan fingerprint density at radius 1 is 0.727 bits per heavy atom. The molecule has 3 heterocycles. The summed E-state index contributed by atoms with van der Waals surface area (Å²) in [4.78, 5) is 57.1. The van der Waals surface area contributed by atoms with Crippen molar-refractivity contribution in [1.82, 2.24) is 0 Å². The molecule has 3 aliphatic heterocycles. The van der Waals surface area contributed by atoms with Gasteiger partial charge >= 0.3 is 11.9 Å². The van der Waals surface area contributed by atoms with Crippen LogP contribution in [0.1, 0.15) is 29.7 Å². The van der Waals surface area contributed by atoms with Gasteiger partial charge in [0.25, 0.3) is 0 Å². The first-order valence-corrected chi connectivity index (χ1v) is 14.4. The van der Waals surface area contributed by atoms with Crippen LogP contribution in [0, 0.1) is 11.8 Å². The third-order valence-corrected chi connectivity index (χ3v) is 8.45. The molecule has 2 fully saturated rings. The Balaban J connectivity index is 1.28. The van der Waals surface area contributed by atoms with E-state index in [0.29, 0.717) is 11.4 Å². The minimum Gasteiger partial charge on any atom is -0.451 e. The molecule has 7 rings (SSSR count). The number of amides is 2. The lowest BCUT2D eigenvalue weighted by Gasteiger charge is -2.36. The summed E-state index contributed by atoms with van der Waals surface area (Å²) in [7, 11) is 0. The highest BCUT2D eigenvalue weighted by Gasteiger charge is 2.65. The van der Waals surface area contributed by atoms with Gasteiger partial charge in [-0.05, 0) is 47.0 Å². The van der Waals surface area contributed by atoms with E-state index in [9.17, 15) is 19.2 Å². The number of benzene rings is 4. The molecule has 0 saturated carbocycles. The predicted molar refractivity (Wildman–Crippen MR) is 164 cm³/mol. The van der Waals surface area contributed by atoms with Crippen LogP contribution in [0.25, 0.3) is 6.08 Å². The largest absolute Gasteiger partial charge is 0.451 e. The highest BCUT2D eigenvalue weighted by atomic mass is 16.5. The molecule has 0 radical (unpaired) electrons. The van der Waals surface area contributed by atoms with Crippen LogP contribution in [0.5, 0.6) is 5.75 Å². The van der Waals surface area contributed by atoms with Gasteiger partial charge in [0, 0.05) is 12.6 Å². The number of rotatable bonds is 6. The second-order valence-electron chi connectivity index (χ2n) is 11.0. The van der Waals surface area contributed by atoms with Crippen LogP contribution < -0.4 is 14.5 Å². The molecule has 2 amide bonds. The number of esters is 2. The summed E-state index contributed by atoms with van der Waals surface area (Å²) in [5.41, 5.74) is 3.59. The van der Waals surface area contributed by atoms with Crippen LogP contribution in [0.4, 0.5) is 11.4 Å². The Kier molecular flexibility index (Phi) is 6.81. The van der Waals surface area contributed by atoms with Gasteiger partial charge in [0.05, 0.1) is 23.6 Å². The van der Waals surface area contributed by atoms with Gasteiger partial charge in [0.1, 0.15) is 11.8 Å². The molecule has 3 aliphatic rings. The molecule has 8 heteroatoms. The molecule has 0 bridgehead atoms. The topological polar surface area (TPSA) is 93.2 Å². The van der Waals surface area contributed by atoms with E-state index < -0.39 is 53.8 Å². The van der Waals surface area contributed by atoms with Gasteiger partial charge < -0.3 is 14.4 Å². The average Bonchev–Trinajstić information content (AvgIpc) is 3.53. The molecule has 0 spiro atoms. The summed E-state index contributed by atoms with van der Waals surface area (Å²) in [5.74, 6) is -3.40. The van der Waals surface area contributed by atoms with Crippen LogP contribution in [0.2, 0.25) is 0 Å². The summed E-state index contributed by atoms with van der Waals surface area (Å²) in [6.45, 7) is 1.30. The zero-order chi connectivity index (χ0) is 30.4. The first-order chi connectivity index (χ1) is 21.4. The SMILES string of the molecule is CC(=O)Oc1ccc(N2C(=O)[C@@H]3[C@H](C2=O)[C@@H](C(=O)OC(c2ccccc2)c2ccccc2)N2c4ccccc4C=C[C@@H]32)cc1. The summed E-state index contributed by atoms with van der Waals surface area (Å²) < 4.78 is 11.4. The van der Waals surface area contributed by atoms with Gasteiger partial charge in [-0.15, -0.1) is 0 Å². The molecular formula is C36H28N2O6. The Morgan fingerprint density at radius 2 is 1.32 bits per heavy atom. The molecule has 0 aromatic heterocycles. The molecule has 2 saturated heterocycles. The molecular weight excluding hydrogens is 556 g/mol. The standard InChI is InChI=1S/C36H28N2O6/c1-22(39)43-27-19-17-26(18-20-27)37-34(40)30-29-21-16-23-10-8-9-15-28(23)38(29)32(31(30)35(37)41)36(42)44-33(24-11-4-2-5-12-24)25-13-6-3-7-14-25/h2-21,29-33H,1H3/t29-,30-,31-,32-/m0/s1. The summed E-state index contributed by atoms with van der Waals surface area (Å²) >= 11 is 0. The van der Waals surface area contributed by atoms with Crippen molar-refractivity contribution in [3.63, 3.8) is 0 Å². The molecule has 218 valence electrons. The monoisotopic (exact) mass is 584 g/mol. The number of imide groups is 1. The fourth-order valence-electron chi connectivity index (χ4n) is 6.64. The maximum absolute atomic E-state index is 14.4.